The molecule has 2 heterocycles. The van der Waals surface area contributed by atoms with Crippen LogP contribution in [0.4, 0.5) is 0 Å². The fourth-order valence-corrected chi connectivity index (χ4v) is 2.16. The van der Waals surface area contributed by atoms with Crippen LogP contribution in [0.3, 0.4) is 0 Å². The van der Waals surface area contributed by atoms with Gasteiger partial charge in [-0.1, -0.05) is 18.7 Å². The van der Waals surface area contributed by atoms with Crippen molar-refractivity contribution in [2.45, 2.75) is 31.4 Å². The van der Waals surface area contributed by atoms with Gasteiger partial charge >= 0.3 is 0 Å². The van der Waals surface area contributed by atoms with Crippen molar-refractivity contribution in [2.24, 2.45) is 0 Å². The van der Waals surface area contributed by atoms with Crippen LogP contribution in [-0.2, 0) is 9.53 Å². The van der Waals surface area contributed by atoms with E-state index in [1.807, 2.05) is 0 Å². The van der Waals surface area contributed by atoms with Crippen LogP contribution in [0.25, 0.3) is 0 Å². The van der Waals surface area contributed by atoms with Crippen molar-refractivity contribution >= 4 is 5.91 Å². The zero-order valence-electron chi connectivity index (χ0n) is 12.8. The van der Waals surface area contributed by atoms with Gasteiger partial charge in [0.1, 0.15) is 18.0 Å². The Morgan fingerprint density at radius 3 is 3.00 bits per heavy atom. The summed E-state index contributed by atoms with van der Waals surface area (Å²) in [4.78, 5) is 13.4. The Morgan fingerprint density at radius 2 is 2.38 bits per heavy atom. The Bertz CT molecular complexity index is 508. The molecule has 1 unspecified atom stereocenters. The summed E-state index contributed by atoms with van der Waals surface area (Å²) in [5.74, 6) is -0.0590. The fraction of sp³-hybridized carbons (Fsp3) is 0.500. The minimum Gasteiger partial charge on any atom is -0.388 e. The van der Waals surface area contributed by atoms with E-state index < -0.39 is 24.5 Å². The molecule has 2 aliphatic rings. The van der Waals surface area contributed by atoms with E-state index in [0.717, 1.165) is 0 Å². The highest BCUT2D eigenvalue weighted by molar-refractivity contribution is 5.98. The van der Waals surface area contributed by atoms with Gasteiger partial charge in [0.05, 0.1) is 11.7 Å². The number of hydrogen-bond donors (Lipinski definition) is 4. The first-order valence-corrected chi connectivity index (χ1v) is 6.62. The van der Waals surface area contributed by atoms with Crippen molar-refractivity contribution in [3.63, 3.8) is 0 Å². The van der Waals surface area contributed by atoms with Gasteiger partial charge in [0.25, 0.3) is 5.91 Å². The molecule has 7 nitrogen and oxygen atoms in total. The summed E-state index contributed by atoms with van der Waals surface area (Å²) in [6, 6.07) is 0. The molecule has 0 bridgehead atoms. The van der Waals surface area contributed by atoms with Crippen LogP contribution in [0.2, 0.25) is 0 Å². The topological polar surface area (TPSA) is 94.1 Å². The van der Waals surface area contributed by atoms with E-state index in [1.165, 1.54) is 11.1 Å². The fourth-order valence-electron chi connectivity index (χ4n) is 2.16. The van der Waals surface area contributed by atoms with Crippen LogP contribution < -0.4 is 10.6 Å². The first-order chi connectivity index (χ1) is 10.5. The number of rotatable bonds is 4. The van der Waals surface area contributed by atoms with Crippen molar-refractivity contribution in [3.8, 4) is 0 Å². The lowest BCUT2D eigenvalue weighted by Gasteiger charge is -2.34. The predicted octanol–water partition coefficient (Wildman–Crippen LogP) is -0.984. The molecule has 0 aliphatic carbocycles. The van der Waals surface area contributed by atoms with E-state index in [9.17, 15) is 15.0 Å². The van der Waals surface area contributed by atoms with E-state index in [4.69, 9.17) is 6.11 Å². The summed E-state index contributed by atoms with van der Waals surface area (Å²) in [6.07, 6.45) is 0.926. The minimum absolute atomic E-state index is 0.167. The third-order valence-corrected chi connectivity index (χ3v) is 3.34. The van der Waals surface area contributed by atoms with Gasteiger partial charge in [-0.05, 0) is 13.9 Å². The van der Waals surface area contributed by atoms with Crippen molar-refractivity contribution in [1.29, 1.82) is 0 Å². The highest BCUT2D eigenvalue weighted by Gasteiger charge is 2.44. The van der Waals surface area contributed by atoms with Crippen LogP contribution in [-0.4, -0.2) is 59.2 Å². The van der Waals surface area contributed by atoms with Crippen molar-refractivity contribution in [2.75, 3.05) is 13.6 Å². The molecule has 0 aromatic heterocycles. The largest absolute Gasteiger partial charge is 0.388 e. The zero-order chi connectivity index (χ0) is 16.3. The molecule has 1 amide bonds. The van der Waals surface area contributed by atoms with Gasteiger partial charge in [-0.25, -0.2) is 0 Å². The zero-order valence-corrected chi connectivity index (χ0v) is 11.8. The molecular formula is C14H21N3O4. The standard InChI is InChI=1S/C14H21N3O4/c1-8-11(18)12(19)14(21-8)17-7-10(5-4-6-15-3)13(20)16-9(17)2/h4-5,7-8,11-12,14-15,18-19H,2,6H2,1,3H3,(H,16,20)/b5-4+/t8-,11+,12?,14-/m1/s1/i1D. The quantitative estimate of drug-likeness (QED) is 0.532. The van der Waals surface area contributed by atoms with Crippen LogP contribution in [0.1, 0.15) is 8.27 Å². The second-order valence-corrected chi connectivity index (χ2v) is 4.90. The Balaban J connectivity index is 2.21. The molecule has 4 N–H and O–H groups in total. The summed E-state index contributed by atoms with van der Waals surface area (Å²) in [7, 11) is 1.79. The Morgan fingerprint density at radius 1 is 1.62 bits per heavy atom. The van der Waals surface area contributed by atoms with E-state index >= 15 is 0 Å². The summed E-state index contributed by atoms with van der Waals surface area (Å²) < 4.78 is 12.8. The second-order valence-electron chi connectivity index (χ2n) is 4.90. The van der Waals surface area contributed by atoms with Crippen LogP contribution in [0, 0.1) is 0 Å². The molecule has 116 valence electrons. The van der Waals surface area contributed by atoms with E-state index in [-0.39, 0.29) is 18.6 Å². The molecule has 0 spiro atoms. The van der Waals surface area contributed by atoms with E-state index in [1.54, 1.807) is 19.2 Å². The van der Waals surface area contributed by atoms with Gasteiger partial charge in [-0.3, -0.25) is 4.79 Å². The molecule has 0 aromatic carbocycles. The van der Waals surface area contributed by atoms with Crippen molar-refractivity contribution in [3.05, 3.63) is 36.3 Å². The third-order valence-electron chi connectivity index (χ3n) is 3.34. The Hall–Kier alpha value is -1.67. The summed E-state index contributed by atoms with van der Waals surface area (Å²) in [5, 5.41) is 25.5. The first kappa shape index (κ1) is 14.3. The van der Waals surface area contributed by atoms with Crippen molar-refractivity contribution in [1.82, 2.24) is 15.5 Å². The molecular weight excluding hydrogens is 274 g/mol. The van der Waals surface area contributed by atoms with Gasteiger partial charge < -0.3 is 30.5 Å². The maximum atomic E-state index is 11.9. The molecule has 21 heavy (non-hydrogen) atoms. The number of hydrogen-bond acceptors (Lipinski definition) is 6. The normalized spacial score (nSPS) is 34.1. The van der Waals surface area contributed by atoms with E-state index in [2.05, 4.69) is 17.2 Å². The highest BCUT2D eigenvalue weighted by atomic mass is 16.6. The molecule has 4 atom stereocenters. The maximum absolute atomic E-state index is 11.9. The molecule has 0 saturated carbocycles. The molecule has 1 fully saturated rings. The molecule has 1 saturated heterocycles. The van der Waals surface area contributed by atoms with Gasteiger partial charge in [-0.2, -0.15) is 0 Å². The number of carbonyl (C=O) groups excluding carboxylic acids is 1. The highest BCUT2D eigenvalue weighted by Crippen LogP contribution is 2.27. The number of nitrogens with zero attached hydrogens (tertiary/aromatic N) is 1. The van der Waals surface area contributed by atoms with Gasteiger partial charge in [0, 0.05) is 14.1 Å². The number of aliphatic hydroxyl groups is 2. The average Bonchev–Trinajstić information content (AvgIpc) is 2.77. The number of ether oxygens (including phenoxy) is 1. The molecule has 2 rings (SSSR count). The van der Waals surface area contributed by atoms with Crippen molar-refractivity contribution < 1.29 is 21.1 Å². The summed E-state index contributed by atoms with van der Waals surface area (Å²) >= 11 is 0. The summed E-state index contributed by atoms with van der Waals surface area (Å²) in [6.45, 7) is 4.16. The SMILES string of the molecule is [2H]C[C@H]1O[C@@H](N2C=C(/C=C/CNC)C(=O)NC2=C)C(O)[C@H]1O. The Kier molecular flexibility index (Phi) is 4.35. The predicted molar refractivity (Wildman–Crippen MR) is 76.6 cm³/mol. The van der Waals surface area contributed by atoms with Crippen LogP contribution >= 0.6 is 0 Å². The summed E-state index contributed by atoms with van der Waals surface area (Å²) in [5.41, 5.74) is 0.377. The van der Waals surface area contributed by atoms with Gasteiger partial charge in [0.2, 0.25) is 0 Å². The number of amides is 1. The number of nitrogens with one attached hydrogen (secondary N) is 2. The van der Waals surface area contributed by atoms with Gasteiger partial charge in [-0.15, -0.1) is 0 Å². The smallest absolute Gasteiger partial charge is 0.258 e. The lowest BCUT2D eigenvalue weighted by Crippen LogP contribution is -2.47. The minimum atomic E-state index is -1.19. The maximum Gasteiger partial charge on any atom is 0.258 e. The Labute approximate surface area is 125 Å². The van der Waals surface area contributed by atoms with Crippen LogP contribution in [0.15, 0.2) is 36.3 Å². The van der Waals surface area contributed by atoms with Gasteiger partial charge in [0.15, 0.2) is 6.23 Å². The third kappa shape index (κ3) is 3.16. The number of aliphatic hydroxyl groups excluding tert-OH is 2. The number of carbonyl (C=O) groups is 1. The van der Waals surface area contributed by atoms with Crippen LogP contribution in [0.5, 0.6) is 0 Å². The first-order valence-electron chi connectivity index (χ1n) is 7.32. The monoisotopic (exact) mass is 296 g/mol. The average molecular weight is 296 g/mol. The lowest BCUT2D eigenvalue weighted by atomic mass is 10.1. The number of likely N-dealkylation sites (N-methyl/N-ethyl adjacent to an activating group) is 1. The molecule has 0 aromatic rings. The molecule has 7 heteroatoms. The van der Waals surface area contributed by atoms with E-state index in [0.29, 0.717) is 12.1 Å². The molecule has 2 aliphatic heterocycles. The second kappa shape index (κ2) is 6.40. The molecule has 0 radical (unpaired) electrons. The lowest BCUT2D eigenvalue weighted by molar-refractivity contribution is -0.119.